The monoisotopic (exact) mass is 443 g/mol. The maximum absolute atomic E-state index is 12.8. The molecule has 8 nitrogen and oxygen atoms in total. The van der Waals surface area contributed by atoms with Gasteiger partial charge in [-0.3, -0.25) is 9.59 Å². The van der Waals surface area contributed by atoms with Gasteiger partial charge in [0.1, 0.15) is 0 Å². The molecule has 2 heterocycles. The summed E-state index contributed by atoms with van der Waals surface area (Å²) in [6.07, 6.45) is 4.73. The molecule has 0 bridgehead atoms. The third-order valence-electron chi connectivity index (χ3n) is 6.24. The van der Waals surface area contributed by atoms with Crippen LogP contribution in [0.4, 0.5) is 10.5 Å². The van der Waals surface area contributed by atoms with Gasteiger partial charge in [-0.25, -0.2) is 4.79 Å². The van der Waals surface area contributed by atoms with Crippen LogP contribution in [-0.4, -0.2) is 56.6 Å². The van der Waals surface area contributed by atoms with Gasteiger partial charge in [0, 0.05) is 44.5 Å². The van der Waals surface area contributed by atoms with E-state index < -0.39 is 0 Å². The Balaban J connectivity index is 1.38. The third-order valence-corrected chi connectivity index (χ3v) is 6.61. The van der Waals surface area contributed by atoms with Crippen molar-refractivity contribution in [3.8, 4) is 0 Å². The van der Waals surface area contributed by atoms with Crippen LogP contribution in [0.15, 0.2) is 36.7 Å². The van der Waals surface area contributed by atoms with Gasteiger partial charge in [-0.05, 0) is 36.3 Å². The van der Waals surface area contributed by atoms with Gasteiger partial charge in [-0.15, -0.1) is 0 Å². The number of hydrogen-bond acceptors (Lipinski definition) is 4. The molecule has 0 spiro atoms. The highest BCUT2D eigenvalue weighted by Gasteiger charge is 2.45. The van der Waals surface area contributed by atoms with Crippen molar-refractivity contribution in [2.75, 3.05) is 18.4 Å². The molecule has 0 unspecified atom stereocenters. The highest BCUT2D eigenvalue weighted by Crippen LogP contribution is 2.41. The number of carbonyl (C=O) groups is 3. The minimum atomic E-state index is -0.208. The minimum Gasteiger partial charge on any atom is -0.336 e. The Morgan fingerprint density at radius 3 is 2.45 bits per heavy atom. The lowest BCUT2D eigenvalue weighted by Crippen LogP contribution is -2.39. The van der Waals surface area contributed by atoms with Crippen molar-refractivity contribution in [3.63, 3.8) is 0 Å². The normalized spacial score (nSPS) is 22.3. The molecular weight excluding hydrogens is 418 g/mol. The van der Waals surface area contributed by atoms with E-state index in [1.807, 2.05) is 34.1 Å². The zero-order valence-electron chi connectivity index (χ0n) is 17.6. The molecule has 3 amide bonds. The highest BCUT2D eigenvalue weighted by molar-refractivity contribution is 6.31. The van der Waals surface area contributed by atoms with Crippen LogP contribution >= 0.6 is 11.6 Å². The number of halogens is 1. The SMILES string of the molecule is CC(=O)Nc1cnn(C(=O)N2C[C@H]3C[C@@H](N(Cc4ccccc4Cl)C(C)=O)C[C@H]3C2)c1. The van der Waals surface area contributed by atoms with E-state index in [-0.39, 0.29) is 23.9 Å². The molecule has 2 aliphatic rings. The second-order valence-corrected chi connectivity index (χ2v) is 8.83. The molecule has 1 saturated carbocycles. The fourth-order valence-corrected chi connectivity index (χ4v) is 5.02. The van der Waals surface area contributed by atoms with E-state index in [0.29, 0.717) is 42.2 Å². The molecule has 1 aliphatic carbocycles. The molecule has 2 aromatic rings. The maximum atomic E-state index is 12.8. The number of nitrogens with zero attached hydrogens (tertiary/aromatic N) is 4. The summed E-state index contributed by atoms with van der Waals surface area (Å²) in [4.78, 5) is 40.1. The van der Waals surface area contributed by atoms with E-state index in [9.17, 15) is 14.4 Å². The Hall–Kier alpha value is -2.87. The number of hydrogen-bond donors (Lipinski definition) is 1. The number of fused-ring (bicyclic) bond motifs is 1. The molecular formula is C22H26ClN5O3. The first-order valence-electron chi connectivity index (χ1n) is 10.4. The number of likely N-dealkylation sites (tertiary alicyclic amines) is 1. The summed E-state index contributed by atoms with van der Waals surface area (Å²) in [6, 6.07) is 7.56. The average Bonchev–Trinajstić information content (AvgIpc) is 3.41. The summed E-state index contributed by atoms with van der Waals surface area (Å²) in [5.74, 6) is 0.542. The second kappa shape index (κ2) is 8.70. The first-order chi connectivity index (χ1) is 14.8. The second-order valence-electron chi connectivity index (χ2n) is 8.43. The topological polar surface area (TPSA) is 87.5 Å². The third kappa shape index (κ3) is 4.58. The summed E-state index contributed by atoms with van der Waals surface area (Å²) in [5, 5.41) is 7.37. The van der Waals surface area contributed by atoms with E-state index in [4.69, 9.17) is 11.6 Å². The Morgan fingerprint density at radius 1 is 1.16 bits per heavy atom. The van der Waals surface area contributed by atoms with Gasteiger partial charge in [0.15, 0.2) is 0 Å². The summed E-state index contributed by atoms with van der Waals surface area (Å²) in [5.41, 5.74) is 1.44. The Morgan fingerprint density at radius 2 is 1.84 bits per heavy atom. The standard InChI is InChI=1S/C22H26ClN5O3/c1-14(29)25-19-9-24-28(13-19)22(31)26-10-17-7-20(8-18(17)11-26)27(15(2)30)12-16-5-3-4-6-21(16)23/h3-6,9,13,17-18,20H,7-8,10-12H2,1-2H3,(H,25,29)/t17-,18+,20-. The lowest BCUT2D eigenvalue weighted by molar-refractivity contribution is -0.131. The van der Waals surface area contributed by atoms with Crippen LogP contribution in [0.1, 0.15) is 32.3 Å². The summed E-state index contributed by atoms with van der Waals surface area (Å²) >= 11 is 6.30. The van der Waals surface area contributed by atoms with Crippen LogP contribution in [0.2, 0.25) is 5.02 Å². The van der Waals surface area contributed by atoms with Gasteiger partial charge < -0.3 is 15.1 Å². The van der Waals surface area contributed by atoms with Crippen molar-refractivity contribution in [2.24, 2.45) is 11.8 Å². The quantitative estimate of drug-likeness (QED) is 0.785. The predicted molar refractivity (Wildman–Crippen MR) is 117 cm³/mol. The zero-order chi connectivity index (χ0) is 22.1. The molecule has 2 fully saturated rings. The van der Waals surface area contributed by atoms with Gasteiger partial charge in [0.05, 0.1) is 18.1 Å². The number of carbonyl (C=O) groups excluding carboxylic acids is 3. The smallest absolute Gasteiger partial charge is 0.336 e. The lowest BCUT2D eigenvalue weighted by Gasteiger charge is -2.30. The van der Waals surface area contributed by atoms with Crippen LogP contribution in [0, 0.1) is 11.8 Å². The predicted octanol–water partition coefficient (Wildman–Crippen LogP) is 3.22. The van der Waals surface area contributed by atoms with Crippen molar-refractivity contribution >= 4 is 35.1 Å². The highest BCUT2D eigenvalue weighted by atomic mass is 35.5. The molecule has 1 aliphatic heterocycles. The van der Waals surface area contributed by atoms with Crippen LogP contribution in [0.3, 0.4) is 0 Å². The molecule has 9 heteroatoms. The average molecular weight is 444 g/mol. The fourth-order valence-electron chi connectivity index (χ4n) is 4.83. The van der Waals surface area contributed by atoms with Gasteiger partial charge in [-0.2, -0.15) is 9.78 Å². The Kier molecular flexibility index (Phi) is 6.00. The van der Waals surface area contributed by atoms with Crippen LogP contribution in [-0.2, 0) is 16.1 Å². The van der Waals surface area contributed by atoms with Crippen LogP contribution < -0.4 is 5.32 Å². The molecule has 1 aromatic carbocycles. The first-order valence-corrected chi connectivity index (χ1v) is 10.8. The van der Waals surface area contributed by atoms with E-state index in [1.165, 1.54) is 24.0 Å². The lowest BCUT2D eigenvalue weighted by atomic mass is 10.0. The minimum absolute atomic E-state index is 0.0415. The van der Waals surface area contributed by atoms with Gasteiger partial charge in [-0.1, -0.05) is 29.8 Å². The zero-order valence-corrected chi connectivity index (χ0v) is 18.4. The van der Waals surface area contributed by atoms with Crippen molar-refractivity contribution < 1.29 is 14.4 Å². The number of nitrogens with one attached hydrogen (secondary N) is 1. The fraction of sp³-hybridized carbons (Fsp3) is 0.455. The van der Waals surface area contributed by atoms with E-state index in [2.05, 4.69) is 10.4 Å². The van der Waals surface area contributed by atoms with Crippen molar-refractivity contribution in [1.82, 2.24) is 19.6 Å². The van der Waals surface area contributed by atoms with E-state index in [0.717, 1.165) is 18.4 Å². The molecule has 1 aromatic heterocycles. The molecule has 1 N–H and O–H groups in total. The van der Waals surface area contributed by atoms with Gasteiger partial charge >= 0.3 is 6.03 Å². The molecule has 0 radical (unpaired) electrons. The van der Waals surface area contributed by atoms with Crippen molar-refractivity contribution in [3.05, 3.63) is 47.2 Å². The van der Waals surface area contributed by atoms with Crippen LogP contribution in [0.5, 0.6) is 0 Å². The number of benzene rings is 1. The van der Waals surface area contributed by atoms with Crippen molar-refractivity contribution in [2.45, 2.75) is 39.3 Å². The largest absolute Gasteiger partial charge is 0.344 e. The number of aromatic nitrogens is 2. The first kappa shape index (κ1) is 21.4. The Bertz CT molecular complexity index is 993. The Labute approximate surface area is 186 Å². The molecule has 31 heavy (non-hydrogen) atoms. The van der Waals surface area contributed by atoms with E-state index >= 15 is 0 Å². The van der Waals surface area contributed by atoms with Crippen LogP contribution in [0.25, 0.3) is 0 Å². The number of anilines is 1. The van der Waals surface area contributed by atoms with Gasteiger partial charge in [0.2, 0.25) is 11.8 Å². The maximum Gasteiger partial charge on any atom is 0.344 e. The van der Waals surface area contributed by atoms with Gasteiger partial charge in [0.25, 0.3) is 0 Å². The molecule has 1 saturated heterocycles. The summed E-state index contributed by atoms with van der Waals surface area (Å²) in [6.45, 7) is 4.81. The van der Waals surface area contributed by atoms with E-state index in [1.54, 1.807) is 6.92 Å². The summed E-state index contributed by atoms with van der Waals surface area (Å²) < 4.78 is 1.27. The number of rotatable bonds is 4. The molecule has 164 valence electrons. The summed E-state index contributed by atoms with van der Waals surface area (Å²) in [7, 11) is 0. The number of amides is 3. The van der Waals surface area contributed by atoms with Crippen molar-refractivity contribution in [1.29, 1.82) is 0 Å². The molecule has 4 rings (SSSR count). The molecule has 3 atom stereocenters.